The molecule has 1 aromatic carbocycles. The van der Waals surface area contributed by atoms with Crippen molar-refractivity contribution in [1.82, 2.24) is 5.01 Å². The lowest BCUT2D eigenvalue weighted by atomic mass is 10.1. The largest absolute Gasteiger partial charge is 0.320 e. The van der Waals surface area contributed by atoms with E-state index in [2.05, 4.69) is 10.4 Å². The fraction of sp³-hybridized carbons (Fsp3) is 0.200. The quantitative estimate of drug-likeness (QED) is 0.667. The van der Waals surface area contributed by atoms with E-state index >= 15 is 0 Å². The molecule has 1 aliphatic rings. The van der Waals surface area contributed by atoms with Crippen molar-refractivity contribution >= 4 is 17.3 Å². The first-order chi connectivity index (χ1) is 6.68. The molecule has 0 atom stereocenters. The minimum atomic E-state index is -0.139. The van der Waals surface area contributed by atoms with Crippen LogP contribution in [0.5, 0.6) is 0 Å². The third-order valence-electron chi connectivity index (χ3n) is 1.95. The van der Waals surface area contributed by atoms with Gasteiger partial charge in [-0.1, -0.05) is 18.2 Å². The van der Waals surface area contributed by atoms with Gasteiger partial charge in [0.25, 0.3) is 5.91 Å². The van der Waals surface area contributed by atoms with Gasteiger partial charge in [0.05, 0.1) is 5.69 Å². The molecule has 2 rings (SSSR count). The van der Waals surface area contributed by atoms with E-state index in [1.54, 1.807) is 19.1 Å². The van der Waals surface area contributed by atoms with E-state index in [1.807, 2.05) is 24.3 Å². The number of hydrazone groups is 1. The highest BCUT2D eigenvalue weighted by atomic mass is 16.2. The molecule has 0 aromatic heterocycles. The highest BCUT2D eigenvalue weighted by Gasteiger charge is 2.25. The Morgan fingerprint density at radius 2 is 2.00 bits per heavy atom. The van der Waals surface area contributed by atoms with Crippen molar-refractivity contribution in [2.45, 2.75) is 0 Å². The highest BCUT2D eigenvalue weighted by molar-refractivity contribution is 6.53. The van der Waals surface area contributed by atoms with Crippen LogP contribution in [0.1, 0.15) is 5.56 Å². The topological polar surface area (TPSA) is 44.7 Å². The number of carbonyl (C=O) groups is 1. The highest BCUT2D eigenvalue weighted by Crippen LogP contribution is 2.22. The van der Waals surface area contributed by atoms with E-state index in [-0.39, 0.29) is 5.91 Å². The van der Waals surface area contributed by atoms with Crippen LogP contribution < -0.4 is 5.32 Å². The van der Waals surface area contributed by atoms with Gasteiger partial charge in [-0.15, -0.1) is 0 Å². The molecular weight excluding hydrogens is 178 g/mol. The zero-order valence-electron chi connectivity index (χ0n) is 8.11. The van der Waals surface area contributed by atoms with Crippen LogP contribution >= 0.6 is 0 Å². The second-order valence-electron chi connectivity index (χ2n) is 3.30. The minimum absolute atomic E-state index is 0.139. The number of hydrogen-bond donors (Lipinski definition) is 1. The van der Waals surface area contributed by atoms with Gasteiger partial charge in [-0.05, 0) is 6.07 Å². The number of carbonyl (C=O) groups excluding carboxylic acids is 1. The zero-order chi connectivity index (χ0) is 10.1. The standard InChI is InChI=1S/C10H11N3O/c1-13(2)12-9-7-5-3-4-6-8(7)11-10(9)14/h3-6H,1-2H3,(H,11,12,14). The van der Waals surface area contributed by atoms with Crippen LogP contribution in [0, 0.1) is 0 Å². The maximum absolute atomic E-state index is 11.5. The van der Waals surface area contributed by atoms with Gasteiger partial charge in [-0.25, -0.2) is 0 Å². The van der Waals surface area contributed by atoms with Crippen LogP contribution in [-0.2, 0) is 4.79 Å². The molecule has 4 heteroatoms. The van der Waals surface area contributed by atoms with E-state index < -0.39 is 0 Å². The summed E-state index contributed by atoms with van der Waals surface area (Å²) in [5, 5.41) is 8.52. The fourth-order valence-electron chi connectivity index (χ4n) is 1.40. The third-order valence-corrected chi connectivity index (χ3v) is 1.95. The Balaban J connectivity index is 2.50. The molecule has 0 spiro atoms. The lowest BCUT2D eigenvalue weighted by Crippen LogP contribution is -2.18. The van der Waals surface area contributed by atoms with E-state index in [0.717, 1.165) is 11.3 Å². The van der Waals surface area contributed by atoms with Crippen LogP contribution in [0.25, 0.3) is 0 Å². The normalized spacial score (nSPS) is 16.7. The molecule has 1 aromatic rings. The van der Waals surface area contributed by atoms with E-state index in [0.29, 0.717) is 5.71 Å². The van der Waals surface area contributed by atoms with Gasteiger partial charge in [0, 0.05) is 19.7 Å². The van der Waals surface area contributed by atoms with Crippen molar-refractivity contribution in [2.75, 3.05) is 19.4 Å². The summed E-state index contributed by atoms with van der Waals surface area (Å²) in [5.74, 6) is -0.139. The fourth-order valence-corrected chi connectivity index (χ4v) is 1.40. The maximum atomic E-state index is 11.5. The van der Waals surface area contributed by atoms with Gasteiger partial charge in [-0.3, -0.25) is 4.79 Å². The average Bonchev–Trinajstić information content (AvgIpc) is 2.43. The Morgan fingerprint density at radius 3 is 2.71 bits per heavy atom. The van der Waals surface area contributed by atoms with Crippen LogP contribution in [0.15, 0.2) is 29.4 Å². The van der Waals surface area contributed by atoms with Gasteiger partial charge in [0.1, 0.15) is 0 Å². The molecule has 72 valence electrons. The lowest BCUT2D eigenvalue weighted by Gasteiger charge is -2.04. The van der Waals surface area contributed by atoms with Gasteiger partial charge >= 0.3 is 0 Å². The summed E-state index contributed by atoms with van der Waals surface area (Å²) < 4.78 is 0. The molecule has 0 aliphatic carbocycles. The third kappa shape index (κ3) is 1.35. The van der Waals surface area contributed by atoms with Crippen LogP contribution in [0.3, 0.4) is 0 Å². The van der Waals surface area contributed by atoms with E-state index in [1.165, 1.54) is 0 Å². The molecule has 1 N–H and O–H groups in total. The van der Waals surface area contributed by atoms with Crippen LogP contribution in [0.2, 0.25) is 0 Å². The minimum Gasteiger partial charge on any atom is -0.320 e. The number of anilines is 1. The van der Waals surface area contributed by atoms with Gasteiger partial charge in [-0.2, -0.15) is 5.10 Å². The summed E-state index contributed by atoms with van der Waals surface area (Å²) in [5.41, 5.74) is 2.18. The van der Waals surface area contributed by atoms with Crippen molar-refractivity contribution in [3.63, 3.8) is 0 Å². The number of fused-ring (bicyclic) bond motifs is 1. The number of rotatable bonds is 1. The Hall–Kier alpha value is -1.84. The predicted molar refractivity (Wildman–Crippen MR) is 55.3 cm³/mol. The van der Waals surface area contributed by atoms with Crippen molar-refractivity contribution < 1.29 is 4.79 Å². The zero-order valence-corrected chi connectivity index (χ0v) is 8.11. The van der Waals surface area contributed by atoms with Crippen molar-refractivity contribution in [3.8, 4) is 0 Å². The number of hydrogen-bond acceptors (Lipinski definition) is 3. The summed E-state index contributed by atoms with van der Waals surface area (Å²) in [4.78, 5) is 11.5. The molecule has 0 bridgehead atoms. The van der Waals surface area contributed by atoms with Gasteiger partial charge < -0.3 is 10.3 Å². The monoisotopic (exact) mass is 189 g/mol. The summed E-state index contributed by atoms with van der Waals surface area (Å²) in [6, 6.07) is 7.53. The molecule has 1 amide bonds. The molecule has 1 heterocycles. The molecule has 0 radical (unpaired) electrons. The molecule has 0 unspecified atom stereocenters. The second kappa shape index (κ2) is 3.14. The summed E-state index contributed by atoms with van der Waals surface area (Å²) in [6.45, 7) is 0. The first kappa shape index (κ1) is 8.74. The van der Waals surface area contributed by atoms with Gasteiger partial charge in [0.15, 0.2) is 5.71 Å². The molecule has 4 nitrogen and oxygen atoms in total. The van der Waals surface area contributed by atoms with Crippen molar-refractivity contribution in [1.29, 1.82) is 0 Å². The Kier molecular flexibility index (Phi) is 1.96. The summed E-state index contributed by atoms with van der Waals surface area (Å²) in [7, 11) is 3.59. The Morgan fingerprint density at radius 1 is 1.29 bits per heavy atom. The SMILES string of the molecule is CN(C)N=C1C(=O)Nc2ccccc21. The van der Waals surface area contributed by atoms with Crippen LogP contribution in [-0.4, -0.2) is 30.7 Å². The molecule has 0 saturated carbocycles. The van der Waals surface area contributed by atoms with Crippen LogP contribution in [0.4, 0.5) is 5.69 Å². The van der Waals surface area contributed by atoms with E-state index in [4.69, 9.17) is 0 Å². The molecular formula is C10H11N3O. The van der Waals surface area contributed by atoms with Gasteiger partial charge in [0.2, 0.25) is 0 Å². The molecule has 1 aliphatic heterocycles. The number of benzene rings is 1. The summed E-state index contributed by atoms with van der Waals surface area (Å²) in [6.07, 6.45) is 0. The lowest BCUT2D eigenvalue weighted by molar-refractivity contribution is -0.110. The Labute approximate surface area is 82.2 Å². The molecule has 0 fully saturated rings. The number of nitrogens with zero attached hydrogens (tertiary/aromatic N) is 2. The first-order valence-electron chi connectivity index (χ1n) is 4.35. The molecule has 0 saturated heterocycles. The number of amides is 1. The smallest absolute Gasteiger partial charge is 0.276 e. The Bertz CT molecular complexity index is 410. The maximum Gasteiger partial charge on any atom is 0.276 e. The average molecular weight is 189 g/mol. The van der Waals surface area contributed by atoms with Crippen molar-refractivity contribution in [3.05, 3.63) is 29.8 Å². The number of para-hydroxylation sites is 1. The number of nitrogens with one attached hydrogen (secondary N) is 1. The first-order valence-corrected chi connectivity index (χ1v) is 4.35. The van der Waals surface area contributed by atoms with E-state index in [9.17, 15) is 4.79 Å². The second-order valence-corrected chi connectivity index (χ2v) is 3.30. The summed E-state index contributed by atoms with van der Waals surface area (Å²) >= 11 is 0. The molecule has 14 heavy (non-hydrogen) atoms. The van der Waals surface area contributed by atoms with Crippen molar-refractivity contribution in [2.24, 2.45) is 5.10 Å². The predicted octanol–water partition coefficient (Wildman–Crippen LogP) is 0.904.